The van der Waals surface area contributed by atoms with Gasteiger partial charge < -0.3 is 19.6 Å². The van der Waals surface area contributed by atoms with Crippen LogP contribution in [0.1, 0.15) is 72.4 Å². The van der Waals surface area contributed by atoms with Gasteiger partial charge in [-0.15, -0.1) is 11.8 Å². The number of halogens is 2. The van der Waals surface area contributed by atoms with Gasteiger partial charge in [0.1, 0.15) is 5.65 Å². The Balaban J connectivity index is 1.31. The maximum atomic E-state index is 13.6. The number of nitrogens with one attached hydrogen (secondary N) is 2. The third-order valence-electron chi connectivity index (χ3n) is 8.93. The molecule has 0 bridgehead atoms. The van der Waals surface area contributed by atoms with Crippen molar-refractivity contribution in [2.45, 2.75) is 89.1 Å². The summed E-state index contributed by atoms with van der Waals surface area (Å²) < 4.78 is 32.2. The molecule has 2 aliphatic rings. The van der Waals surface area contributed by atoms with Crippen molar-refractivity contribution in [2.75, 3.05) is 19.3 Å². The maximum Gasteiger partial charge on any atom is 0.345 e. The fourth-order valence-corrected chi connectivity index (χ4v) is 7.54. The van der Waals surface area contributed by atoms with Crippen LogP contribution in [0, 0.1) is 19.8 Å². The fourth-order valence-electron chi connectivity index (χ4n) is 6.84. The minimum absolute atomic E-state index is 0.131. The Hall–Kier alpha value is -2.76. The number of likely N-dealkylation sites (tertiary alicyclic amines) is 1. The van der Waals surface area contributed by atoms with Crippen LogP contribution in [0.15, 0.2) is 34.1 Å². The number of pyridine rings is 2. The second-order valence-electron chi connectivity index (χ2n) is 11.3. The van der Waals surface area contributed by atoms with Gasteiger partial charge >= 0.3 is 6.61 Å². The summed E-state index contributed by atoms with van der Waals surface area (Å²) in [6.07, 6.45) is 8.01. The van der Waals surface area contributed by atoms with E-state index >= 15 is 0 Å². The van der Waals surface area contributed by atoms with Gasteiger partial charge in [0.15, 0.2) is 0 Å². The molecule has 41 heavy (non-hydrogen) atoms. The first-order chi connectivity index (χ1) is 19.7. The largest absolute Gasteiger partial charge is 0.348 e. The Kier molecular flexibility index (Phi) is 9.15. The van der Waals surface area contributed by atoms with Crippen molar-refractivity contribution >= 4 is 28.7 Å². The summed E-state index contributed by atoms with van der Waals surface area (Å²) in [5, 5.41) is 3.79. The van der Waals surface area contributed by atoms with Gasteiger partial charge in [-0.3, -0.25) is 14.5 Å². The monoisotopic (exact) mass is 587 g/mol. The molecule has 0 spiro atoms. The van der Waals surface area contributed by atoms with E-state index in [0.29, 0.717) is 36.1 Å². The third-order valence-corrected chi connectivity index (χ3v) is 9.73. The molecule has 2 atom stereocenters. The molecule has 1 aliphatic carbocycles. The first kappa shape index (κ1) is 29.7. The highest BCUT2D eigenvalue weighted by atomic mass is 32.2. The number of carbonyl (C=O) groups excluding carboxylic acids is 1. The van der Waals surface area contributed by atoms with Gasteiger partial charge in [-0.2, -0.15) is 8.78 Å². The molecule has 0 unspecified atom stereocenters. The Labute approximate surface area is 243 Å². The van der Waals surface area contributed by atoms with E-state index in [-0.39, 0.29) is 30.2 Å². The number of fused-ring (bicyclic) bond motifs is 1. The number of hydrogen-bond acceptors (Lipinski definition) is 6. The number of rotatable bonds is 9. The van der Waals surface area contributed by atoms with Gasteiger partial charge in [0, 0.05) is 65.1 Å². The normalized spacial score (nSPS) is 22.5. The summed E-state index contributed by atoms with van der Waals surface area (Å²) in [7, 11) is 0. The molecule has 0 radical (unpaired) electrons. The molecule has 222 valence electrons. The number of aromatic nitrogens is 3. The number of amides is 1. The van der Waals surface area contributed by atoms with E-state index in [0.717, 1.165) is 59.5 Å². The number of carbonyl (C=O) groups is 1. The van der Waals surface area contributed by atoms with Gasteiger partial charge in [0.2, 0.25) is 0 Å². The van der Waals surface area contributed by atoms with Gasteiger partial charge in [-0.1, -0.05) is 0 Å². The Bertz CT molecular complexity index is 1450. The highest BCUT2D eigenvalue weighted by Gasteiger charge is 2.35. The van der Waals surface area contributed by atoms with Crippen LogP contribution in [-0.2, 0) is 11.3 Å². The summed E-state index contributed by atoms with van der Waals surface area (Å²) in [5.74, 6) is 0.182. The van der Waals surface area contributed by atoms with E-state index in [4.69, 9.17) is 4.74 Å². The Morgan fingerprint density at radius 1 is 1.24 bits per heavy atom. The fraction of sp³-hybridized carbons (Fsp3) is 0.567. The Morgan fingerprint density at radius 3 is 2.71 bits per heavy atom. The first-order valence-electron chi connectivity index (χ1n) is 14.4. The van der Waals surface area contributed by atoms with Crippen molar-refractivity contribution in [3.63, 3.8) is 0 Å². The van der Waals surface area contributed by atoms with Gasteiger partial charge in [-0.05, 0) is 83.2 Å². The zero-order chi connectivity index (χ0) is 29.3. The van der Waals surface area contributed by atoms with Crippen LogP contribution in [0.3, 0.4) is 0 Å². The van der Waals surface area contributed by atoms with Crippen LogP contribution in [0.5, 0.6) is 0 Å². The van der Waals surface area contributed by atoms with E-state index in [1.165, 1.54) is 11.8 Å². The molecule has 3 aromatic heterocycles. The second-order valence-corrected chi connectivity index (χ2v) is 12.2. The molecule has 2 N–H and O–H groups in total. The third kappa shape index (κ3) is 6.22. The van der Waals surface area contributed by atoms with Crippen LogP contribution in [-0.4, -0.2) is 63.4 Å². The second kappa shape index (κ2) is 12.6. The lowest BCUT2D eigenvalue weighted by molar-refractivity contribution is -0.159. The number of aryl methyl sites for hydroxylation is 1. The van der Waals surface area contributed by atoms with Gasteiger partial charge in [-0.25, -0.2) is 4.98 Å². The summed E-state index contributed by atoms with van der Waals surface area (Å²) in [4.78, 5) is 36.9. The van der Waals surface area contributed by atoms with E-state index in [9.17, 15) is 18.4 Å². The molecule has 3 aromatic rings. The standard InChI is InChI=1S/C30H39F2N5O3S/c1-17-14-25(41-4)24(28(38)35-17)15-34-29(39)26-19(3)37(27-23(26)6-5-12-33-27)18(2)20-7-9-21(10-8-20)36-13-11-22(16-36)40-30(31)32/h5-6,12,14,18,20-22,30H,7-11,13,15-16H2,1-4H3,(H,34,39)(H,35,38)/t18-,20?,21?,22-/m1/s1. The van der Waals surface area contributed by atoms with Crippen LogP contribution in [0.25, 0.3) is 11.0 Å². The van der Waals surface area contributed by atoms with Crippen molar-refractivity contribution in [1.29, 1.82) is 0 Å². The molecule has 8 nitrogen and oxygen atoms in total. The topological polar surface area (TPSA) is 92.2 Å². The highest BCUT2D eigenvalue weighted by Crippen LogP contribution is 2.39. The van der Waals surface area contributed by atoms with E-state index < -0.39 is 6.61 Å². The van der Waals surface area contributed by atoms with Crippen LogP contribution < -0.4 is 10.9 Å². The number of aromatic amines is 1. The number of hydrogen-bond donors (Lipinski definition) is 2. The average Bonchev–Trinajstić information content (AvgIpc) is 3.52. The Morgan fingerprint density at radius 2 is 2.00 bits per heavy atom. The summed E-state index contributed by atoms with van der Waals surface area (Å²) in [5.41, 5.74) is 3.38. The molecule has 0 aromatic carbocycles. The SMILES string of the molecule is CSc1cc(C)[nH]c(=O)c1CNC(=O)c1c(C)n([C@H](C)C2CCC(N3CC[C@@H](OC(F)F)C3)CC2)c2ncccc12. The molecular weight excluding hydrogens is 548 g/mol. The summed E-state index contributed by atoms with van der Waals surface area (Å²) in [6, 6.07) is 6.22. The molecule has 4 heterocycles. The molecule has 1 saturated carbocycles. The van der Waals surface area contributed by atoms with Crippen LogP contribution >= 0.6 is 11.8 Å². The molecule has 1 aliphatic heterocycles. The lowest BCUT2D eigenvalue weighted by Crippen LogP contribution is -2.38. The number of nitrogens with zero attached hydrogens (tertiary/aromatic N) is 3. The van der Waals surface area contributed by atoms with Crippen molar-refractivity contribution in [2.24, 2.45) is 5.92 Å². The van der Waals surface area contributed by atoms with Crippen molar-refractivity contribution < 1.29 is 18.3 Å². The lowest BCUT2D eigenvalue weighted by Gasteiger charge is -2.37. The highest BCUT2D eigenvalue weighted by molar-refractivity contribution is 7.98. The van der Waals surface area contributed by atoms with Crippen LogP contribution in [0.4, 0.5) is 8.78 Å². The first-order valence-corrected chi connectivity index (χ1v) is 15.6. The quantitative estimate of drug-likeness (QED) is 0.325. The number of thioether (sulfide) groups is 1. The van der Waals surface area contributed by atoms with E-state index in [1.54, 1.807) is 6.20 Å². The maximum absolute atomic E-state index is 13.6. The molecule has 5 rings (SSSR count). The number of ether oxygens (including phenoxy) is 1. The lowest BCUT2D eigenvalue weighted by atomic mass is 9.81. The molecule has 1 amide bonds. The summed E-state index contributed by atoms with van der Waals surface area (Å²) in [6.45, 7) is 4.82. The predicted molar refractivity (Wildman–Crippen MR) is 157 cm³/mol. The zero-order valence-electron chi connectivity index (χ0n) is 24.1. The minimum Gasteiger partial charge on any atom is -0.348 e. The van der Waals surface area contributed by atoms with Crippen LogP contribution in [0.2, 0.25) is 0 Å². The van der Waals surface area contributed by atoms with E-state index in [1.807, 2.05) is 38.3 Å². The predicted octanol–water partition coefficient (Wildman–Crippen LogP) is 5.43. The minimum atomic E-state index is -2.71. The molecule has 1 saturated heterocycles. The number of alkyl halides is 2. The van der Waals surface area contributed by atoms with Crippen molar-refractivity contribution in [3.8, 4) is 0 Å². The van der Waals surface area contributed by atoms with Gasteiger partial charge in [0.05, 0.1) is 11.7 Å². The molecule has 2 fully saturated rings. The average molecular weight is 588 g/mol. The molecule has 11 heteroatoms. The molecular formula is C30H39F2N5O3S. The zero-order valence-corrected chi connectivity index (χ0v) is 24.9. The van der Waals surface area contributed by atoms with Crippen molar-refractivity contribution in [1.82, 2.24) is 24.8 Å². The van der Waals surface area contributed by atoms with Gasteiger partial charge in [0.25, 0.3) is 11.5 Å². The van der Waals surface area contributed by atoms with E-state index in [2.05, 4.69) is 31.7 Å². The number of H-pyrrole nitrogens is 1. The summed E-state index contributed by atoms with van der Waals surface area (Å²) >= 11 is 1.49. The van der Waals surface area contributed by atoms with Crippen molar-refractivity contribution in [3.05, 3.63) is 57.3 Å². The smallest absolute Gasteiger partial charge is 0.345 e.